The molecule has 0 saturated carbocycles. The normalized spacial score (nSPS) is 18.4. The lowest BCUT2D eigenvalue weighted by Gasteiger charge is -2.40. The maximum absolute atomic E-state index is 12.2. The topological polar surface area (TPSA) is 75.4 Å². The van der Waals surface area contributed by atoms with Gasteiger partial charge in [-0.1, -0.05) is 5.16 Å². The smallest absolute Gasteiger partial charge is 0.245 e. The lowest BCUT2D eigenvalue weighted by Crippen LogP contribution is -2.54. The van der Waals surface area contributed by atoms with E-state index in [-0.39, 0.29) is 10.4 Å². The fraction of sp³-hybridized carbons (Fsp3) is 0.750. The van der Waals surface area contributed by atoms with Gasteiger partial charge in [0.2, 0.25) is 10.0 Å². The average molecular weight is 319 g/mol. The zero-order valence-corrected chi connectivity index (χ0v) is 13.7. The molecule has 1 saturated heterocycles. The Hall–Kier alpha value is -0.570. The number of nitrogens with one attached hydrogen (secondary N) is 1. The van der Waals surface area contributed by atoms with Crippen LogP contribution < -0.4 is 4.72 Å². The third-order valence-electron chi connectivity index (χ3n) is 3.56. The lowest BCUT2D eigenvalue weighted by atomic mass is 10.0. The van der Waals surface area contributed by atoms with Crippen LogP contribution in [-0.4, -0.2) is 55.2 Å². The van der Waals surface area contributed by atoms with Crippen molar-refractivity contribution in [3.63, 3.8) is 0 Å². The molecule has 0 amide bonds. The summed E-state index contributed by atoms with van der Waals surface area (Å²) < 4.78 is 31.8. The predicted octanol–water partition coefficient (Wildman–Crippen LogP) is 1.09. The Kier molecular flexibility index (Phi) is 4.78. The van der Waals surface area contributed by atoms with Gasteiger partial charge in [-0.3, -0.25) is 4.90 Å². The highest BCUT2D eigenvalue weighted by Crippen LogP contribution is 2.20. The van der Waals surface area contributed by atoms with Gasteiger partial charge in [-0.15, -0.1) is 0 Å². The number of hydrogen-bond donors (Lipinski definition) is 1. The molecule has 1 N–H and O–H groups in total. The molecular formula is C12H21N3O3S2. The Morgan fingerprint density at radius 2 is 2.10 bits per heavy atom. The molecule has 0 aliphatic carbocycles. The monoisotopic (exact) mass is 319 g/mol. The molecule has 0 unspecified atom stereocenters. The summed E-state index contributed by atoms with van der Waals surface area (Å²) in [5.74, 6) is 2.20. The third-order valence-corrected chi connectivity index (χ3v) is 5.99. The van der Waals surface area contributed by atoms with E-state index in [0.29, 0.717) is 12.2 Å². The van der Waals surface area contributed by atoms with Gasteiger partial charge in [-0.05, 0) is 20.8 Å². The van der Waals surface area contributed by atoms with Crippen LogP contribution in [0.1, 0.15) is 19.5 Å². The standard InChI is InChI=1S/C12H21N3O3S2/c1-10-11(8-18-14-10)20(16,17)13-9-12(2,3)15-4-6-19-7-5-15/h8,13H,4-7,9H2,1-3H3. The van der Waals surface area contributed by atoms with E-state index in [9.17, 15) is 8.42 Å². The number of sulfonamides is 1. The average Bonchev–Trinajstić information content (AvgIpc) is 2.85. The van der Waals surface area contributed by atoms with Crippen molar-refractivity contribution >= 4 is 21.8 Å². The van der Waals surface area contributed by atoms with E-state index in [1.54, 1.807) is 6.92 Å². The number of aryl methyl sites for hydroxylation is 1. The fourth-order valence-electron chi connectivity index (χ4n) is 2.17. The van der Waals surface area contributed by atoms with Gasteiger partial charge in [0.05, 0.1) is 0 Å². The molecule has 0 aromatic carbocycles. The van der Waals surface area contributed by atoms with Crippen molar-refractivity contribution in [3.8, 4) is 0 Å². The molecule has 6 nitrogen and oxygen atoms in total. The molecule has 8 heteroatoms. The second-order valence-electron chi connectivity index (χ2n) is 5.50. The highest BCUT2D eigenvalue weighted by atomic mass is 32.2. The quantitative estimate of drug-likeness (QED) is 0.875. The van der Waals surface area contributed by atoms with Gasteiger partial charge >= 0.3 is 0 Å². The van der Waals surface area contributed by atoms with E-state index < -0.39 is 10.0 Å². The Morgan fingerprint density at radius 3 is 2.65 bits per heavy atom. The molecule has 2 rings (SSSR count). The molecule has 1 fully saturated rings. The number of thioether (sulfide) groups is 1. The lowest BCUT2D eigenvalue weighted by molar-refractivity contribution is 0.138. The summed E-state index contributed by atoms with van der Waals surface area (Å²) in [6, 6.07) is 0. The Labute approximate surface area is 124 Å². The molecule has 114 valence electrons. The molecule has 0 atom stereocenters. The third kappa shape index (κ3) is 3.55. The van der Waals surface area contributed by atoms with Crippen LogP contribution in [0.4, 0.5) is 0 Å². The minimum Gasteiger partial charge on any atom is -0.363 e. The molecular weight excluding hydrogens is 298 g/mol. The van der Waals surface area contributed by atoms with Crippen molar-refractivity contribution in [2.45, 2.75) is 31.2 Å². The van der Waals surface area contributed by atoms with Gasteiger partial charge < -0.3 is 4.52 Å². The second-order valence-corrected chi connectivity index (χ2v) is 8.46. The van der Waals surface area contributed by atoms with E-state index in [1.165, 1.54) is 6.26 Å². The van der Waals surface area contributed by atoms with Crippen LogP contribution in [0.5, 0.6) is 0 Å². The van der Waals surface area contributed by atoms with E-state index >= 15 is 0 Å². The van der Waals surface area contributed by atoms with E-state index in [0.717, 1.165) is 24.6 Å². The highest BCUT2D eigenvalue weighted by molar-refractivity contribution is 7.99. The van der Waals surface area contributed by atoms with Gasteiger partial charge in [-0.25, -0.2) is 13.1 Å². The number of rotatable bonds is 5. The summed E-state index contributed by atoms with van der Waals surface area (Å²) in [5.41, 5.74) is 0.170. The largest absolute Gasteiger partial charge is 0.363 e. The number of nitrogens with zero attached hydrogens (tertiary/aromatic N) is 2. The Bertz CT molecular complexity index is 548. The molecule has 1 aliphatic heterocycles. The van der Waals surface area contributed by atoms with Gasteiger partial charge in [0.15, 0.2) is 0 Å². The number of aromatic nitrogens is 1. The van der Waals surface area contributed by atoms with Crippen LogP contribution in [-0.2, 0) is 10.0 Å². The SMILES string of the molecule is Cc1nocc1S(=O)(=O)NCC(C)(C)N1CCSCC1. The molecule has 20 heavy (non-hydrogen) atoms. The molecule has 1 aromatic heterocycles. The molecule has 1 aromatic rings. The van der Waals surface area contributed by atoms with Gasteiger partial charge in [0, 0.05) is 36.7 Å². The zero-order chi connectivity index (χ0) is 14.8. The first-order chi connectivity index (χ1) is 9.33. The van der Waals surface area contributed by atoms with Crippen molar-refractivity contribution < 1.29 is 12.9 Å². The highest BCUT2D eigenvalue weighted by Gasteiger charge is 2.30. The molecule has 2 heterocycles. The summed E-state index contributed by atoms with van der Waals surface area (Å²) in [6.07, 6.45) is 1.17. The first-order valence-electron chi connectivity index (χ1n) is 6.56. The maximum atomic E-state index is 12.2. The Balaban J connectivity index is 2.02. The Morgan fingerprint density at radius 1 is 1.45 bits per heavy atom. The molecule has 0 radical (unpaired) electrons. The minimum atomic E-state index is -3.56. The van der Waals surface area contributed by atoms with Gasteiger partial charge in [-0.2, -0.15) is 11.8 Å². The van der Waals surface area contributed by atoms with Crippen molar-refractivity contribution in [1.29, 1.82) is 0 Å². The molecule has 1 aliphatic rings. The van der Waals surface area contributed by atoms with Crippen LogP contribution in [0.3, 0.4) is 0 Å². The van der Waals surface area contributed by atoms with E-state index in [4.69, 9.17) is 4.52 Å². The molecule has 0 spiro atoms. The second kappa shape index (κ2) is 6.05. The summed E-state index contributed by atoms with van der Waals surface area (Å²) in [6.45, 7) is 8.09. The predicted molar refractivity (Wildman–Crippen MR) is 79.4 cm³/mol. The van der Waals surface area contributed by atoms with E-state index in [1.807, 2.05) is 11.8 Å². The zero-order valence-electron chi connectivity index (χ0n) is 12.0. The van der Waals surface area contributed by atoms with Crippen LogP contribution in [0.25, 0.3) is 0 Å². The van der Waals surface area contributed by atoms with Gasteiger partial charge in [0.1, 0.15) is 16.9 Å². The van der Waals surface area contributed by atoms with Crippen molar-refractivity contribution in [2.75, 3.05) is 31.1 Å². The van der Waals surface area contributed by atoms with Crippen LogP contribution in [0.2, 0.25) is 0 Å². The maximum Gasteiger partial charge on any atom is 0.245 e. The summed E-state index contributed by atoms with van der Waals surface area (Å²) in [4.78, 5) is 2.44. The summed E-state index contributed by atoms with van der Waals surface area (Å²) in [7, 11) is -3.56. The van der Waals surface area contributed by atoms with Crippen LogP contribution in [0.15, 0.2) is 15.7 Å². The van der Waals surface area contributed by atoms with Crippen molar-refractivity contribution in [1.82, 2.24) is 14.8 Å². The fourth-order valence-corrected chi connectivity index (χ4v) is 4.37. The number of hydrogen-bond acceptors (Lipinski definition) is 6. The van der Waals surface area contributed by atoms with Crippen LogP contribution >= 0.6 is 11.8 Å². The summed E-state index contributed by atoms with van der Waals surface area (Å²) >= 11 is 1.94. The van der Waals surface area contributed by atoms with E-state index in [2.05, 4.69) is 28.6 Å². The van der Waals surface area contributed by atoms with Crippen molar-refractivity contribution in [3.05, 3.63) is 12.0 Å². The summed E-state index contributed by atoms with van der Waals surface area (Å²) in [5, 5.41) is 3.61. The first kappa shape index (κ1) is 15.8. The minimum absolute atomic E-state index is 0.113. The van der Waals surface area contributed by atoms with Crippen molar-refractivity contribution in [2.24, 2.45) is 0 Å². The van der Waals surface area contributed by atoms with Gasteiger partial charge in [0.25, 0.3) is 0 Å². The molecule has 0 bridgehead atoms. The van der Waals surface area contributed by atoms with Crippen LogP contribution in [0, 0.1) is 6.92 Å². The first-order valence-corrected chi connectivity index (χ1v) is 9.20.